The maximum Gasteiger partial charge on any atom is 0.371 e. The second-order valence-corrected chi connectivity index (χ2v) is 6.75. The molecular weight excluding hydrogens is 300 g/mol. The van der Waals surface area contributed by atoms with Crippen LogP contribution in [-0.4, -0.2) is 61.3 Å². The van der Waals surface area contributed by atoms with E-state index in [9.17, 15) is 18.0 Å². The largest absolute Gasteiger partial charge is 0.475 e. The molecule has 8 nitrogen and oxygen atoms in total. The number of amides is 1. The number of furan rings is 1. The lowest BCUT2D eigenvalue weighted by Crippen LogP contribution is -2.39. The summed E-state index contributed by atoms with van der Waals surface area (Å²) in [7, 11) is -2.76. The van der Waals surface area contributed by atoms with Gasteiger partial charge in [-0.05, 0) is 25.0 Å². The quantitative estimate of drug-likeness (QED) is 0.832. The van der Waals surface area contributed by atoms with E-state index >= 15 is 0 Å². The molecule has 116 valence electrons. The molecule has 2 heterocycles. The molecule has 1 fully saturated rings. The molecule has 1 aliphatic rings. The predicted molar refractivity (Wildman–Crippen MR) is 71.3 cm³/mol. The molecule has 0 aliphatic carbocycles. The summed E-state index contributed by atoms with van der Waals surface area (Å²) in [5, 5.41) is 8.24. The average molecular weight is 316 g/mol. The van der Waals surface area contributed by atoms with Crippen LogP contribution < -0.4 is 0 Å². The summed E-state index contributed by atoms with van der Waals surface area (Å²) in [6, 6.07) is 2.13. The molecular formula is C12H16N2O6S. The fourth-order valence-electron chi connectivity index (χ4n) is 2.07. The number of carbonyl (C=O) groups is 2. The first-order chi connectivity index (χ1) is 9.82. The Hall–Kier alpha value is -1.87. The predicted octanol–water partition coefficient (Wildman–Crippen LogP) is 0.221. The molecule has 0 unspecified atom stereocenters. The molecule has 1 amide bonds. The van der Waals surface area contributed by atoms with Crippen LogP contribution in [0.2, 0.25) is 0 Å². The number of hydrogen-bond acceptors (Lipinski definition) is 5. The Balaban J connectivity index is 2.10. The van der Waals surface area contributed by atoms with Gasteiger partial charge in [0.05, 0.1) is 6.54 Å². The van der Waals surface area contributed by atoms with Crippen LogP contribution in [0.15, 0.2) is 21.6 Å². The van der Waals surface area contributed by atoms with Crippen LogP contribution >= 0.6 is 0 Å². The Morgan fingerprint density at radius 2 is 1.95 bits per heavy atom. The van der Waals surface area contributed by atoms with Gasteiger partial charge in [-0.15, -0.1) is 0 Å². The summed E-state index contributed by atoms with van der Waals surface area (Å²) in [6.07, 6.45) is 1.84. The molecule has 1 aromatic heterocycles. The van der Waals surface area contributed by atoms with Crippen LogP contribution in [0.3, 0.4) is 0 Å². The Bertz CT molecular complexity index is 644. The number of aromatic carboxylic acids is 1. The first kappa shape index (κ1) is 15.5. The number of rotatable bonds is 5. The van der Waals surface area contributed by atoms with Gasteiger partial charge in [-0.3, -0.25) is 4.79 Å². The highest BCUT2D eigenvalue weighted by Crippen LogP contribution is 2.18. The van der Waals surface area contributed by atoms with Gasteiger partial charge in [-0.2, -0.15) is 4.31 Å². The lowest BCUT2D eigenvalue weighted by Gasteiger charge is -2.20. The summed E-state index contributed by atoms with van der Waals surface area (Å²) in [4.78, 5) is 24.3. The van der Waals surface area contributed by atoms with Gasteiger partial charge in [0.15, 0.2) is 0 Å². The maximum absolute atomic E-state index is 12.2. The molecule has 0 spiro atoms. The zero-order valence-corrected chi connectivity index (χ0v) is 12.3. The number of sulfonamides is 1. The first-order valence-corrected chi connectivity index (χ1v) is 7.83. The zero-order valence-electron chi connectivity index (χ0n) is 11.5. The number of carbonyl (C=O) groups excluding carboxylic acids is 1. The summed E-state index contributed by atoms with van der Waals surface area (Å²) < 4.78 is 30.0. The van der Waals surface area contributed by atoms with Gasteiger partial charge in [0, 0.05) is 20.1 Å². The third-order valence-corrected chi connectivity index (χ3v) is 4.95. The van der Waals surface area contributed by atoms with E-state index < -0.39 is 26.8 Å². The highest BCUT2D eigenvalue weighted by atomic mass is 32.2. The van der Waals surface area contributed by atoms with Gasteiger partial charge in [-0.25, -0.2) is 13.2 Å². The van der Waals surface area contributed by atoms with Gasteiger partial charge in [0.1, 0.15) is 0 Å². The third-order valence-electron chi connectivity index (χ3n) is 3.27. The van der Waals surface area contributed by atoms with Crippen molar-refractivity contribution >= 4 is 21.9 Å². The van der Waals surface area contributed by atoms with Crippen molar-refractivity contribution in [3.05, 3.63) is 17.9 Å². The molecule has 0 radical (unpaired) electrons. The van der Waals surface area contributed by atoms with Crippen molar-refractivity contribution in [3.63, 3.8) is 0 Å². The normalized spacial score (nSPS) is 15.6. The minimum atomic E-state index is -4.02. The Kier molecular flexibility index (Phi) is 4.33. The zero-order chi connectivity index (χ0) is 15.6. The Labute approximate surface area is 122 Å². The van der Waals surface area contributed by atoms with Gasteiger partial charge in [0.2, 0.25) is 16.8 Å². The van der Waals surface area contributed by atoms with Crippen molar-refractivity contribution in [2.45, 2.75) is 17.9 Å². The van der Waals surface area contributed by atoms with E-state index in [0.717, 1.165) is 29.3 Å². The number of carboxylic acids is 1. The Morgan fingerprint density at radius 1 is 1.33 bits per heavy atom. The maximum atomic E-state index is 12.2. The lowest BCUT2D eigenvalue weighted by molar-refractivity contribution is -0.130. The van der Waals surface area contributed by atoms with E-state index in [1.807, 2.05) is 0 Å². The number of likely N-dealkylation sites (N-methyl/N-ethyl adjacent to an activating group) is 1. The van der Waals surface area contributed by atoms with Gasteiger partial charge >= 0.3 is 5.97 Å². The van der Waals surface area contributed by atoms with E-state index in [1.165, 1.54) is 7.05 Å². The topological polar surface area (TPSA) is 108 Å². The molecule has 1 aliphatic heterocycles. The minimum absolute atomic E-state index is 0.274. The monoisotopic (exact) mass is 316 g/mol. The summed E-state index contributed by atoms with van der Waals surface area (Å²) in [6.45, 7) is 0.971. The number of carboxylic acid groups (broad SMARTS) is 1. The number of hydrogen-bond donors (Lipinski definition) is 1. The molecule has 0 aromatic carbocycles. The van der Waals surface area contributed by atoms with E-state index in [-0.39, 0.29) is 12.5 Å². The fourth-order valence-corrected chi connectivity index (χ4v) is 3.09. The van der Waals surface area contributed by atoms with E-state index in [4.69, 9.17) is 9.52 Å². The van der Waals surface area contributed by atoms with Gasteiger partial charge < -0.3 is 14.4 Å². The van der Waals surface area contributed by atoms with Crippen molar-refractivity contribution in [2.24, 2.45) is 0 Å². The molecule has 21 heavy (non-hydrogen) atoms. The van der Waals surface area contributed by atoms with Gasteiger partial charge in [0.25, 0.3) is 10.0 Å². The smallest absolute Gasteiger partial charge is 0.371 e. The van der Waals surface area contributed by atoms with Crippen molar-refractivity contribution in [2.75, 3.05) is 26.7 Å². The van der Waals surface area contributed by atoms with Gasteiger partial charge in [-0.1, -0.05) is 0 Å². The number of likely N-dealkylation sites (tertiary alicyclic amines) is 1. The van der Waals surface area contributed by atoms with Crippen LogP contribution in [0.4, 0.5) is 0 Å². The van der Waals surface area contributed by atoms with E-state index in [2.05, 4.69) is 0 Å². The molecule has 1 aromatic rings. The highest BCUT2D eigenvalue weighted by molar-refractivity contribution is 7.89. The molecule has 2 rings (SSSR count). The Morgan fingerprint density at radius 3 is 2.48 bits per heavy atom. The van der Waals surface area contributed by atoms with Crippen LogP contribution in [0, 0.1) is 0 Å². The number of nitrogens with zero attached hydrogens (tertiary/aromatic N) is 2. The average Bonchev–Trinajstić information content (AvgIpc) is 3.10. The van der Waals surface area contributed by atoms with Crippen LogP contribution in [0.25, 0.3) is 0 Å². The standard InChI is InChI=1S/C12H16N2O6S/c1-13(8-10(15)14-6-2-3-7-14)21(18,19)11-5-4-9(20-11)12(16)17/h4-5H,2-3,6-8H2,1H3,(H,16,17). The first-order valence-electron chi connectivity index (χ1n) is 6.39. The second-order valence-electron chi connectivity index (χ2n) is 4.77. The summed E-state index contributed by atoms with van der Waals surface area (Å²) >= 11 is 0. The molecule has 0 saturated carbocycles. The van der Waals surface area contributed by atoms with Crippen molar-refractivity contribution in [3.8, 4) is 0 Å². The van der Waals surface area contributed by atoms with Crippen LogP contribution in [-0.2, 0) is 14.8 Å². The third kappa shape index (κ3) is 3.24. The highest BCUT2D eigenvalue weighted by Gasteiger charge is 2.29. The molecule has 0 bridgehead atoms. The van der Waals surface area contributed by atoms with Crippen LogP contribution in [0.1, 0.15) is 23.4 Å². The summed E-state index contributed by atoms with van der Waals surface area (Å²) in [5.41, 5.74) is 0. The SMILES string of the molecule is CN(CC(=O)N1CCCC1)S(=O)(=O)c1ccc(C(=O)O)o1. The molecule has 9 heteroatoms. The molecule has 0 atom stereocenters. The van der Waals surface area contributed by atoms with E-state index in [1.54, 1.807) is 4.90 Å². The van der Waals surface area contributed by atoms with E-state index in [0.29, 0.717) is 13.1 Å². The van der Waals surface area contributed by atoms with Crippen molar-refractivity contribution in [1.82, 2.24) is 9.21 Å². The van der Waals surface area contributed by atoms with Crippen molar-refractivity contribution < 1.29 is 27.5 Å². The summed E-state index contributed by atoms with van der Waals surface area (Å²) in [5.74, 6) is -2.09. The fraction of sp³-hybridized carbons (Fsp3) is 0.500. The minimum Gasteiger partial charge on any atom is -0.475 e. The molecule has 1 saturated heterocycles. The lowest BCUT2D eigenvalue weighted by atomic mass is 10.4. The second kappa shape index (κ2) is 5.86. The van der Waals surface area contributed by atoms with Crippen molar-refractivity contribution in [1.29, 1.82) is 0 Å². The van der Waals surface area contributed by atoms with Crippen LogP contribution in [0.5, 0.6) is 0 Å². The molecule has 1 N–H and O–H groups in total.